The van der Waals surface area contributed by atoms with Crippen molar-refractivity contribution in [2.24, 2.45) is 0 Å². The third-order valence-corrected chi connectivity index (χ3v) is 8.42. The van der Waals surface area contributed by atoms with Crippen LogP contribution in [0.3, 0.4) is 0 Å². The lowest BCUT2D eigenvalue weighted by molar-refractivity contribution is -0.132. The highest BCUT2D eigenvalue weighted by Crippen LogP contribution is 2.54. The monoisotopic (exact) mass is 480 g/mol. The van der Waals surface area contributed by atoms with Crippen molar-refractivity contribution in [1.82, 2.24) is 10.2 Å². The molecule has 1 aliphatic heterocycles. The number of thioether (sulfide) groups is 1. The van der Waals surface area contributed by atoms with Gasteiger partial charge in [0.15, 0.2) is 0 Å². The molecule has 34 heavy (non-hydrogen) atoms. The van der Waals surface area contributed by atoms with Crippen molar-refractivity contribution in [3.05, 3.63) is 65.2 Å². The van der Waals surface area contributed by atoms with Crippen LogP contribution in [0.4, 0.5) is 0 Å². The Morgan fingerprint density at radius 2 is 1.74 bits per heavy atom. The molecule has 0 spiro atoms. The van der Waals surface area contributed by atoms with Crippen molar-refractivity contribution in [3.63, 3.8) is 0 Å². The summed E-state index contributed by atoms with van der Waals surface area (Å²) >= 11 is 1.52. The number of hydrogen-bond acceptors (Lipinski definition) is 4. The van der Waals surface area contributed by atoms with Gasteiger partial charge < -0.3 is 15.3 Å². The van der Waals surface area contributed by atoms with Gasteiger partial charge in [0.2, 0.25) is 11.8 Å². The van der Waals surface area contributed by atoms with Crippen molar-refractivity contribution < 1.29 is 14.7 Å². The summed E-state index contributed by atoms with van der Waals surface area (Å²) in [6.07, 6.45) is 5.56. The van der Waals surface area contributed by atoms with Crippen LogP contribution in [0.1, 0.15) is 75.1 Å². The molecule has 2 aliphatic rings. The van der Waals surface area contributed by atoms with Crippen LogP contribution in [0, 0.1) is 6.92 Å². The quantitative estimate of drug-likeness (QED) is 0.575. The molecule has 2 atom stereocenters. The van der Waals surface area contributed by atoms with Crippen LogP contribution < -0.4 is 5.32 Å². The molecule has 0 radical (unpaired) electrons. The third kappa shape index (κ3) is 5.03. The fourth-order valence-corrected chi connectivity index (χ4v) is 6.74. The molecule has 6 heteroatoms. The minimum atomic E-state index is -0.977. The SMILES string of the molecule is Cc1ccc(S[C@]2(C(=O)NC(C)C)CC(=O)N(C3CCCCC3)[C@@H]2c2ccc(CO)cc2)cc1. The van der Waals surface area contributed by atoms with Gasteiger partial charge in [0.05, 0.1) is 19.1 Å². The number of likely N-dealkylation sites (tertiary alicyclic amines) is 1. The largest absolute Gasteiger partial charge is 0.392 e. The first-order valence-corrected chi connectivity index (χ1v) is 13.2. The topological polar surface area (TPSA) is 69.6 Å². The summed E-state index contributed by atoms with van der Waals surface area (Å²) in [6, 6.07) is 15.7. The molecule has 2 amide bonds. The zero-order chi connectivity index (χ0) is 24.3. The summed E-state index contributed by atoms with van der Waals surface area (Å²) in [5.41, 5.74) is 2.93. The van der Waals surface area contributed by atoms with E-state index in [0.717, 1.165) is 47.3 Å². The highest BCUT2D eigenvalue weighted by atomic mass is 32.2. The Labute approximate surface area is 207 Å². The predicted octanol–water partition coefficient (Wildman–Crippen LogP) is 5.15. The lowest BCUT2D eigenvalue weighted by Gasteiger charge is -2.41. The Balaban J connectivity index is 1.84. The summed E-state index contributed by atoms with van der Waals surface area (Å²) in [5, 5.41) is 12.7. The molecule has 2 N–H and O–H groups in total. The summed E-state index contributed by atoms with van der Waals surface area (Å²) in [6.45, 7) is 5.93. The van der Waals surface area contributed by atoms with E-state index in [4.69, 9.17) is 0 Å². The number of carbonyl (C=O) groups excluding carboxylic acids is 2. The van der Waals surface area contributed by atoms with Crippen molar-refractivity contribution in [2.75, 3.05) is 0 Å². The molecule has 1 aliphatic carbocycles. The number of nitrogens with zero attached hydrogens (tertiary/aromatic N) is 1. The van der Waals surface area contributed by atoms with Crippen LogP contribution in [0.5, 0.6) is 0 Å². The third-order valence-electron chi connectivity index (χ3n) is 6.99. The second-order valence-electron chi connectivity index (χ2n) is 10.0. The van der Waals surface area contributed by atoms with E-state index in [9.17, 15) is 14.7 Å². The fourth-order valence-electron chi connectivity index (χ4n) is 5.33. The van der Waals surface area contributed by atoms with E-state index in [1.54, 1.807) is 0 Å². The zero-order valence-electron chi connectivity index (χ0n) is 20.4. The lowest BCUT2D eigenvalue weighted by atomic mass is 9.88. The number of aliphatic hydroxyl groups is 1. The Morgan fingerprint density at radius 3 is 2.32 bits per heavy atom. The average molecular weight is 481 g/mol. The molecule has 0 aromatic heterocycles. The van der Waals surface area contributed by atoms with Crippen LogP contribution in [0.2, 0.25) is 0 Å². The number of aliphatic hydroxyl groups excluding tert-OH is 1. The standard InChI is InChI=1S/C28H36N2O3S/c1-19(2)29-27(33)28(34-24-15-9-20(3)10-16-24)17-25(32)30(23-7-5-4-6-8-23)26(28)22-13-11-21(18-31)12-14-22/h9-16,19,23,26,31H,4-8,17-18H2,1-3H3,(H,29,33)/t26-,28-/m1/s1. The molecule has 1 saturated heterocycles. The summed E-state index contributed by atoms with van der Waals surface area (Å²) in [4.78, 5) is 30.7. The zero-order valence-corrected chi connectivity index (χ0v) is 21.2. The second-order valence-corrected chi connectivity index (χ2v) is 11.4. The highest BCUT2D eigenvalue weighted by Gasteiger charge is 2.59. The molecule has 2 aromatic carbocycles. The number of rotatable bonds is 7. The van der Waals surface area contributed by atoms with Crippen LogP contribution in [-0.4, -0.2) is 38.7 Å². The average Bonchev–Trinajstić information content (AvgIpc) is 3.13. The molecule has 0 bridgehead atoms. The maximum absolute atomic E-state index is 14.0. The van der Waals surface area contributed by atoms with Crippen LogP contribution in [0.25, 0.3) is 0 Å². The fraction of sp³-hybridized carbons (Fsp3) is 0.500. The summed E-state index contributed by atoms with van der Waals surface area (Å²) < 4.78 is -0.977. The van der Waals surface area contributed by atoms with Gasteiger partial charge >= 0.3 is 0 Å². The molecule has 2 aromatic rings. The molecular weight excluding hydrogens is 444 g/mol. The van der Waals surface area contributed by atoms with Gasteiger partial charge in [-0.15, -0.1) is 11.8 Å². The molecule has 182 valence electrons. The van der Waals surface area contributed by atoms with E-state index in [1.807, 2.05) is 62.1 Å². The van der Waals surface area contributed by atoms with Crippen LogP contribution >= 0.6 is 11.8 Å². The molecular formula is C28H36N2O3S. The summed E-state index contributed by atoms with van der Waals surface area (Å²) in [7, 11) is 0. The predicted molar refractivity (Wildman–Crippen MR) is 136 cm³/mol. The first-order chi connectivity index (χ1) is 16.3. The van der Waals surface area contributed by atoms with Gasteiger partial charge in [0.25, 0.3) is 0 Å². The number of aryl methyl sites for hydroxylation is 1. The number of benzene rings is 2. The van der Waals surface area contributed by atoms with Crippen molar-refractivity contribution >= 4 is 23.6 Å². The molecule has 0 unspecified atom stereocenters. The van der Waals surface area contributed by atoms with Crippen molar-refractivity contribution in [2.45, 2.75) is 93.7 Å². The van der Waals surface area contributed by atoms with Gasteiger partial charge in [-0.1, -0.05) is 61.2 Å². The minimum absolute atomic E-state index is 0.0285. The number of carbonyl (C=O) groups is 2. The van der Waals surface area contributed by atoms with E-state index in [0.29, 0.717) is 0 Å². The molecule has 5 nitrogen and oxygen atoms in total. The Bertz CT molecular complexity index is 999. The van der Waals surface area contributed by atoms with E-state index < -0.39 is 4.75 Å². The van der Waals surface area contributed by atoms with Crippen molar-refractivity contribution in [3.8, 4) is 0 Å². The van der Waals surface area contributed by atoms with Gasteiger partial charge in [-0.2, -0.15) is 0 Å². The number of amides is 2. The van der Waals surface area contributed by atoms with E-state index in [2.05, 4.69) is 17.4 Å². The van der Waals surface area contributed by atoms with Gasteiger partial charge in [-0.25, -0.2) is 0 Å². The minimum Gasteiger partial charge on any atom is -0.392 e. The second kappa shape index (κ2) is 10.5. The van der Waals surface area contributed by atoms with Gasteiger partial charge in [-0.05, 0) is 56.9 Å². The Morgan fingerprint density at radius 1 is 1.09 bits per heavy atom. The smallest absolute Gasteiger partial charge is 0.239 e. The van der Waals surface area contributed by atoms with E-state index >= 15 is 0 Å². The first-order valence-electron chi connectivity index (χ1n) is 12.4. The molecule has 1 heterocycles. The van der Waals surface area contributed by atoms with Gasteiger partial charge in [0.1, 0.15) is 4.75 Å². The Kier molecular flexibility index (Phi) is 7.68. The highest BCUT2D eigenvalue weighted by molar-refractivity contribution is 8.01. The van der Waals surface area contributed by atoms with E-state index in [-0.39, 0.29) is 43.0 Å². The first kappa shape index (κ1) is 24.8. The number of hydrogen-bond donors (Lipinski definition) is 2. The van der Waals surface area contributed by atoms with Crippen molar-refractivity contribution in [1.29, 1.82) is 0 Å². The van der Waals surface area contributed by atoms with Crippen LogP contribution in [-0.2, 0) is 16.2 Å². The van der Waals surface area contributed by atoms with Gasteiger partial charge in [0, 0.05) is 17.0 Å². The lowest BCUT2D eigenvalue weighted by Crippen LogP contribution is -2.51. The molecule has 2 fully saturated rings. The summed E-state index contributed by atoms with van der Waals surface area (Å²) in [5.74, 6) is -0.0300. The molecule has 4 rings (SSSR count). The number of nitrogens with one attached hydrogen (secondary N) is 1. The maximum Gasteiger partial charge on any atom is 0.239 e. The normalized spacial score (nSPS) is 23.5. The Hall–Kier alpha value is -2.31. The maximum atomic E-state index is 14.0. The van der Waals surface area contributed by atoms with Gasteiger partial charge in [-0.3, -0.25) is 9.59 Å². The van der Waals surface area contributed by atoms with Crippen LogP contribution in [0.15, 0.2) is 53.4 Å². The van der Waals surface area contributed by atoms with E-state index in [1.165, 1.54) is 18.2 Å². The molecule has 1 saturated carbocycles.